The lowest BCUT2D eigenvalue weighted by Gasteiger charge is -2.40. The zero-order valence-electron chi connectivity index (χ0n) is 23.5. The molecule has 0 aromatic heterocycles. The molecule has 3 aliphatic rings. The Hall–Kier alpha value is -3.16. The summed E-state index contributed by atoms with van der Waals surface area (Å²) in [4.78, 5) is 32.4. The molecule has 7 nitrogen and oxygen atoms in total. The predicted octanol–water partition coefficient (Wildman–Crippen LogP) is 4.81. The Morgan fingerprint density at radius 2 is 1.65 bits per heavy atom. The number of piperidine rings is 1. The third kappa shape index (κ3) is 6.42. The van der Waals surface area contributed by atoms with Crippen LogP contribution in [0.1, 0.15) is 49.7 Å². The first-order valence-electron chi connectivity index (χ1n) is 14.8. The SMILES string of the molecule is C=CCN(C(=O)OCc1ccccc1)C1CCN(C[C@H]2CN(C(=O)C3CCCC3)C[C@]2(O)c2ccccc2)CC1. The van der Waals surface area contributed by atoms with E-state index >= 15 is 0 Å². The fourth-order valence-electron chi connectivity index (χ4n) is 6.80. The summed E-state index contributed by atoms with van der Waals surface area (Å²) in [5.74, 6) is 0.242. The maximum atomic E-state index is 13.3. The Kier molecular flexibility index (Phi) is 9.22. The number of β-amino-alcohol motifs (C(OH)–C–C–N with tert-alkyl or cyclic N) is 1. The van der Waals surface area contributed by atoms with Gasteiger partial charge < -0.3 is 24.5 Å². The van der Waals surface area contributed by atoms with Crippen molar-refractivity contribution in [2.45, 2.75) is 56.8 Å². The second-order valence-corrected chi connectivity index (χ2v) is 11.7. The minimum Gasteiger partial charge on any atom is -0.445 e. The highest BCUT2D eigenvalue weighted by Crippen LogP contribution is 2.40. The highest BCUT2D eigenvalue weighted by Gasteiger charge is 2.49. The van der Waals surface area contributed by atoms with Crippen LogP contribution in [-0.4, -0.2) is 77.1 Å². The van der Waals surface area contributed by atoms with Crippen molar-refractivity contribution in [2.75, 3.05) is 39.3 Å². The Morgan fingerprint density at radius 3 is 2.30 bits per heavy atom. The van der Waals surface area contributed by atoms with Crippen LogP contribution in [0.3, 0.4) is 0 Å². The summed E-state index contributed by atoms with van der Waals surface area (Å²) in [6, 6.07) is 19.6. The van der Waals surface area contributed by atoms with Gasteiger partial charge in [-0.15, -0.1) is 6.58 Å². The fraction of sp³-hybridized carbons (Fsp3) is 0.515. The van der Waals surface area contributed by atoms with Crippen molar-refractivity contribution in [3.05, 3.63) is 84.4 Å². The second kappa shape index (κ2) is 13.0. The van der Waals surface area contributed by atoms with Crippen LogP contribution < -0.4 is 0 Å². The van der Waals surface area contributed by atoms with E-state index in [1.807, 2.05) is 65.6 Å². The molecule has 2 aromatic carbocycles. The Morgan fingerprint density at radius 1 is 1.00 bits per heavy atom. The molecule has 2 heterocycles. The molecule has 0 spiro atoms. The van der Waals surface area contributed by atoms with E-state index < -0.39 is 5.60 Å². The first-order valence-corrected chi connectivity index (χ1v) is 14.8. The van der Waals surface area contributed by atoms with Gasteiger partial charge in [0, 0.05) is 50.6 Å². The van der Waals surface area contributed by atoms with Gasteiger partial charge in [-0.3, -0.25) is 4.79 Å². The van der Waals surface area contributed by atoms with Crippen molar-refractivity contribution in [1.82, 2.24) is 14.7 Å². The third-order valence-electron chi connectivity index (χ3n) is 9.08. The van der Waals surface area contributed by atoms with Crippen LogP contribution in [0.25, 0.3) is 0 Å². The van der Waals surface area contributed by atoms with Gasteiger partial charge in [0.1, 0.15) is 12.2 Å². The number of amides is 2. The van der Waals surface area contributed by atoms with E-state index in [4.69, 9.17) is 4.74 Å². The zero-order chi connectivity index (χ0) is 28.0. The molecule has 2 amide bonds. The number of hydrogen-bond donors (Lipinski definition) is 1. The van der Waals surface area contributed by atoms with Crippen molar-refractivity contribution in [3.63, 3.8) is 0 Å². The minimum absolute atomic E-state index is 0.0723. The standard InChI is InChI=1S/C33H43N3O4/c1-2-19-36(32(38)40-24-26-11-5-3-6-12-26)30-17-20-34(21-18-30)22-29-23-35(31(37)27-13-9-10-14-27)25-33(29,39)28-15-7-4-8-16-28/h2-8,11-12,15-16,27,29-30,39H,1,9-10,13-14,17-25H2/t29-,33-/m0/s1. The number of ether oxygens (including phenoxy) is 1. The Labute approximate surface area is 238 Å². The van der Waals surface area contributed by atoms with Crippen LogP contribution in [-0.2, 0) is 21.7 Å². The van der Waals surface area contributed by atoms with Crippen LogP contribution in [0.5, 0.6) is 0 Å². The van der Waals surface area contributed by atoms with Gasteiger partial charge >= 0.3 is 6.09 Å². The van der Waals surface area contributed by atoms with Crippen LogP contribution >= 0.6 is 0 Å². The van der Waals surface area contributed by atoms with Crippen LogP contribution in [0, 0.1) is 11.8 Å². The average Bonchev–Trinajstić information content (AvgIpc) is 3.65. The molecule has 5 rings (SSSR count). The largest absolute Gasteiger partial charge is 0.445 e. The van der Waals surface area contributed by atoms with E-state index in [-0.39, 0.29) is 36.5 Å². The molecule has 0 bridgehead atoms. The van der Waals surface area contributed by atoms with Gasteiger partial charge in [0.2, 0.25) is 5.91 Å². The highest BCUT2D eigenvalue weighted by molar-refractivity contribution is 5.79. The lowest BCUT2D eigenvalue weighted by atomic mass is 9.83. The molecule has 0 radical (unpaired) electrons. The van der Waals surface area contributed by atoms with Crippen molar-refractivity contribution in [1.29, 1.82) is 0 Å². The monoisotopic (exact) mass is 545 g/mol. The Balaban J connectivity index is 1.21. The number of aliphatic hydroxyl groups is 1. The van der Waals surface area contributed by atoms with E-state index in [1.54, 1.807) is 11.0 Å². The van der Waals surface area contributed by atoms with E-state index in [0.29, 0.717) is 26.2 Å². The van der Waals surface area contributed by atoms with Crippen molar-refractivity contribution in [2.24, 2.45) is 11.8 Å². The molecular weight excluding hydrogens is 502 g/mol. The molecule has 2 aliphatic heterocycles. The number of likely N-dealkylation sites (tertiary alicyclic amines) is 2. The summed E-state index contributed by atoms with van der Waals surface area (Å²) >= 11 is 0. The fourth-order valence-corrected chi connectivity index (χ4v) is 6.80. The normalized spacial score (nSPS) is 24.2. The van der Waals surface area contributed by atoms with Crippen molar-refractivity contribution in [3.8, 4) is 0 Å². The third-order valence-corrected chi connectivity index (χ3v) is 9.08. The van der Waals surface area contributed by atoms with E-state index in [2.05, 4.69) is 11.5 Å². The van der Waals surface area contributed by atoms with Gasteiger partial charge in [-0.1, -0.05) is 79.6 Å². The summed E-state index contributed by atoms with van der Waals surface area (Å²) in [5, 5.41) is 12.1. The van der Waals surface area contributed by atoms with Gasteiger partial charge in [-0.25, -0.2) is 4.79 Å². The molecule has 7 heteroatoms. The lowest BCUT2D eigenvalue weighted by Crippen LogP contribution is -2.50. The molecule has 0 unspecified atom stereocenters. The van der Waals surface area contributed by atoms with Gasteiger partial charge in [0.15, 0.2) is 0 Å². The lowest BCUT2D eigenvalue weighted by molar-refractivity contribution is -0.135. The molecule has 3 fully saturated rings. The molecule has 2 saturated heterocycles. The number of nitrogens with zero attached hydrogens (tertiary/aromatic N) is 3. The van der Waals surface area contributed by atoms with Crippen LogP contribution in [0.15, 0.2) is 73.3 Å². The quantitative estimate of drug-likeness (QED) is 0.458. The second-order valence-electron chi connectivity index (χ2n) is 11.7. The maximum Gasteiger partial charge on any atom is 0.410 e. The minimum atomic E-state index is -1.07. The molecule has 2 atom stereocenters. The summed E-state index contributed by atoms with van der Waals surface area (Å²) in [6.45, 7) is 7.85. The zero-order valence-corrected chi connectivity index (χ0v) is 23.5. The van der Waals surface area contributed by atoms with Crippen LogP contribution in [0.2, 0.25) is 0 Å². The topological polar surface area (TPSA) is 73.3 Å². The van der Waals surface area contributed by atoms with Gasteiger partial charge in [0.25, 0.3) is 0 Å². The molecule has 2 aromatic rings. The molecule has 40 heavy (non-hydrogen) atoms. The molecule has 1 saturated carbocycles. The number of benzene rings is 2. The number of hydrogen-bond acceptors (Lipinski definition) is 5. The molecule has 214 valence electrons. The first-order chi connectivity index (χ1) is 19.5. The maximum absolute atomic E-state index is 13.3. The number of carbonyl (C=O) groups excluding carboxylic acids is 2. The highest BCUT2D eigenvalue weighted by atomic mass is 16.6. The van der Waals surface area contributed by atoms with Gasteiger partial charge in [-0.2, -0.15) is 0 Å². The summed E-state index contributed by atoms with van der Waals surface area (Å²) < 4.78 is 5.64. The predicted molar refractivity (Wildman–Crippen MR) is 155 cm³/mol. The molecular formula is C33H43N3O4. The van der Waals surface area contributed by atoms with Crippen LogP contribution in [0.4, 0.5) is 4.79 Å². The van der Waals surface area contributed by atoms with E-state index in [9.17, 15) is 14.7 Å². The smallest absolute Gasteiger partial charge is 0.410 e. The number of rotatable bonds is 9. The number of carbonyl (C=O) groups is 2. The van der Waals surface area contributed by atoms with E-state index in [0.717, 1.165) is 62.7 Å². The molecule has 1 N–H and O–H groups in total. The molecule has 1 aliphatic carbocycles. The Bertz CT molecular complexity index is 1130. The van der Waals surface area contributed by atoms with Crippen molar-refractivity contribution >= 4 is 12.0 Å². The summed E-state index contributed by atoms with van der Waals surface area (Å²) in [6.07, 6.45) is 7.27. The summed E-state index contributed by atoms with van der Waals surface area (Å²) in [7, 11) is 0. The van der Waals surface area contributed by atoms with E-state index in [1.165, 1.54) is 0 Å². The van der Waals surface area contributed by atoms with Gasteiger partial charge in [-0.05, 0) is 36.8 Å². The summed E-state index contributed by atoms with van der Waals surface area (Å²) in [5.41, 5.74) is 0.782. The van der Waals surface area contributed by atoms with Crippen molar-refractivity contribution < 1.29 is 19.4 Å². The first kappa shape index (κ1) is 28.4. The average molecular weight is 546 g/mol. The van der Waals surface area contributed by atoms with Gasteiger partial charge in [0.05, 0.1) is 6.54 Å².